The van der Waals surface area contributed by atoms with E-state index in [9.17, 15) is 4.39 Å². The molecule has 0 atom stereocenters. The molecule has 0 radical (unpaired) electrons. The fraction of sp³-hybridized carbons (Fsp3) is 0.625. The molecule has 1 saturated heterocycles. The highest BCUT2D eigenvalue weighted by atomic mass is 19.1. The van der Waals surface area contributed by atoms with Crippen molar-refractivity contribution in [3.63, 3.8) is 0 Å². The molecule has 0 saturated carbocycles. The molecule has 0 aliphatic carbocycles. The Morgan fingerprint density at radius 3 is 2.80 bits per heavy atom. The number of ether oxygens (including phenoxy) is 1. The standard InChI is InChI=1S/C16H25FN2O/c1-3-18-11-14-15(17)5-4-6-16(14)19(2)12-13-7-9-20-10-8-13/h4-6,13,18H,3,7-12H2,1-2H3. The van der Waals surface area contributed by atoms with Gasteiger partial charge >= 0.3 is 0 Å². The summed E-state index contributed by atoms with van der Waals surface area (Å²) in [6, 6.07) is 5.34. The Hall–Kier alpha value is -1.13. The van der Waals surface area contributed by atoms with E-state index in [-0.39, 0.29) is 5.82 Å². The maximum atomic E-state index is 14.0. The van der Waals surface area contributed by atoms with Crippen molar-refractivity contribution in [2.24, 2.45) is 5.92 Å². The van der Waals surface area contributed by atoms with E-state index in [0.29, 0.717) is 12.5 Å². The summed E-state index contributed by atoms with van der Waals surface area (Å²) in [6.45, 7) is 6.13. The van der Waals surface area contributed by atoms with Crippen molar-refractivity contribution < 1.29 is 9.13 Å². The minimum atomic E-state index is -0.123. The van der Waals surface area contributed by atoms with Crippen molar-refractivity contribution >= 4 is 5.69 Å². The second-order valence-electron chi connectivity index (χ2n) is 5.45. The summed E-state index contributed by atoms with van der Waals surface area (Å²) in [5.74, 6) is 0.520. The average Bonchev–Trinajstić information content (AvgIpc) is 2.47. The fourth-order valence-corrected chi connectivity index (χ4v) is 2.74. The van der Waals surface area contributed by atoms with Crippen molar-refractivity contribution in [2.75, 3.05) is 38.3 Å². The van der Waals surface area contributed by atoms with E-state index in [2.05, 4.69) is 17.3 Å². The van der Waals surface area contributed by atoms with Crippen molar-refractivity contribution in [2.45, 2.75) is 26.3 Å². The topological polar surface area (TPSA) is 24.5 Å². The summed E-state index contributed by atoms with van der Waals surface area (Å²) in [5, 5.41) is 3.22. The first-order valence-electron chi connectivity index (χ1n) is 7.49. The molecule has 1 N–H and O–H groups in total. The predicted molar refractivity (Wildman–Crippen MR) is 80.6 cm³/mol. The number of rotatable bonds is 6. The van der Waals surface area contributed by atoms with Crippen molar-refractivity contribution in [3.05, 3.63) is 29.6 Å². The first kappa shape index (κ1) is 15.3. The quantitative estimate of drug-likeness (QED) is 0.867. The molecule has 1 heterocycles. The lowest BCUT2D eigenvalue weighted by Gasteiger charge is -2.30. The van der Waals surface area contributed by atoms with Crippen LogP contribution in [0.1, 0.15) is 25.3 Å². The molecule has 1 aliphatic heterocycles. The van der Waals surface area contributed by atoms with Gasteiger partial charge in [0, 0.05) is 44.6 Å². The zero-order chi connectivity index (χ0) is 14.4. The number of halogens is 1. The lowest BCUT2D eigenvalue weighted by molar-refractivity contribution is 0.0685. The number of hydrogen-bond donors (Lipinski definition) is 1. The van der Waals surface area contributed by atoms with Gasteiger partial charge in [-0.15, -0.1) is 0 Å². The fourth-order valence-electron chi connectivity index (χ4n) is 2.74. The van der Waals surface area contributed by atoms with Crippen molar-refractivity contribution in [1.29, 1.82) is 0 Å². The van der Waals surface area contributed by atoms with Gasteiger partial charge in [0.15, 0.2) is 0 Å². The molecule has 112 valence electrons. The summed E-state index contributed by atoms with van der Waals surface area (Å²) < 4.78 is 19.4. The van der Waals surface area contributed by atoms with Gasteiger partial charge < -0.3 is 15.0 Å². The lowest BCUT2D eigenvalue weighted by atomic mass is 9.99. The van der Waals surface area contributed by atoms with Gasteiger partial charge in [-0.1, -0.05) is 13.0 Å². The summed E-state index contributed by atoms with van der Waals surface area (Å²) in [7, 11) is 2.06. The molecular formula is C16H25FN2O. The average molecular weight is 280 g/mol. The van der Waals surface area contributed by atoms with Crippen molar-refractivity contribution in [3.8, 4) is 0 Å². The SMILES string of the molecule is CCNCc1c(F)cccc1N(C)CC1CCOCC1. The molecule has 4 heteroatoms. The Bertz CT molecular complexity index is 419. The molecule has 0 spiro atoms. The van der Waals surface area contributed by atoms with E-state index in [4.69, 9.17) is 4.74 Å². The second kappa shape index (κ2) is 7.60. The van der Waals surface area contributed by atoms with Gasteiger partial charge in [0.25, 0.3) is 0 Å². The van der Waals surface area contributed by atoms with Crippen LogP contribution in [0.25, 0.3) is 0 Å². The number of benzene rings is 1. The van der Waals surface area contributed by atoms with Crippen LogP contribution in [-0.2, 0) is 11.3 Å². The van der Waals surface area contributed by atoms with Crippen LogP contribution >= 0.6 is 0 Å². The van der Waals surface area contributed by atoms with Crippen LogP contribution in [0, 0.1) is 11.7 Å². The maximum Gasteiger partial charge on any atom is 0.129 e. The first-order valence-corrected chi connectivity index (χ1v) is 7.49. The maximum absolute atomic E-state index is 14.0. The summed E-state index contributed by atoms with van der Waals surface area (Å²) in [5.41, 5.74) is 1.77. The van der Waals surface area contributed by atoms with Gasteiger partial charge in [-0.2, -0.15) is 0 Å². The molecular weight excluding hydrogens is 255 g/mol. The molecule has 0 amide bonds. The zero-order valence-corrected chi connectivity index (χ0v) is 12.5. The molecule has 0 aromatic heterocycles. The molecule has 0 unspecified atom stereocenters. The van der Waals surface area contributed by atoms with Crippen LogP contribution in [0.4, 0.5) is 10.1 Å². The van der Waals surface area contributed by atoms with Gasteiger partial charge in [0.1, 0.15) is 5.82 Å². The Morgan fingerprint density at radius 1 is 1.35 bits per heavy atom. The Morgan fingerprint density at radius 2 is 2.10 bits per heavy atom. The Balaban J connectivity index is 2.07. The highest BCUT2D eigenvalue weighted by Gasteiger charge is 2.18. The Kier molecular flexibility index (Phi) is 5.80. The number of nitrogens with zero attached hydrogens (tertiary/aromatic N) is 1. The normalized spacial score (nSPS) is 16.4. The van der Waals surface area contributed by atoms with E-state index >= 15 is 0 Å². The molecule has 20 heavy (non-hydrogen) atoms. The first-order chi connectivity index (χ1) is 9.72. The van der Waals surface area contributed by atoms with Gasteiger partial charge in [-0.25, -0.2) is 4.39 Å². The number of hydrogen-bond acceptors (Lipinski definition) is 3. The van der Waals surface area contributed by atoms with Crippen LogP contribution in [0.2, 0.25) is 0 Å². The van der Waals surface area contributed by atoms with Gasteiger partial charge in [-0.05, 0) is 37.4 Å². The molecule has 2 rings (SSSR count). The molecule has 3 nitrogen and oxygen atoms in total. The van der Waals surface area contributed by atoms with Gasteiger partial charge in [0.2, 0.25) is 0 Å². The van der Waals surface area contributed by atoms with Crippen LogP contribution in [0.5, 0.6) is 0 Å². The highest BCUT2D eigenvalue weighted by molar-refractivity contribution is 5.53. The van der Waals surface area contributed by atoms with E-state index in [1.807, 2.05) is 13.0 Å². The van der Waals surface area contributed by atoms with Crippen LogP contribution in [0.15, 0.2) is 18.2 Å². The zero-order valence-electron chi connectivity index (χ0n) is 12.5. The number of nitrogens with one attached hydrogen (secondary N) is 1. The lowest BCUT2D eigenvalue weighted by Crippen LogP contribution is -2.30. The van der Waals surface area contributed by atoms with E-state index < -0.39 is 0 Å². The third-order valence-electron chi connectivity index (χ3n) is 3.93. The smallest absolute Gasteiger partial charge is 0.129 e. The molecule has 1 aliphatic rings. The largest absolute Gasteiger partial charge is 0.381 e. The van der Waals surface area contributed by atoms with Crippen molar-refractivity contribution in [1.82, 2.24) is 5.32 Å². The minimum absolute atomic E-state index is 0.123. The summed E-state index contributed by atoms with van der Waals surface area (Å²) >= 11 is 0. The van der Waals surface area contributed by atoms with Crippen LogP contribution < -0.4 is 10.2 Å². The summed E-state index contributed by atoms with van der Waals surface area (Å²) in [6.07, 6.45) is 2.20. The Labute approximate surface area is 121 Å². The molecule has 1 fully saturated rings. The molecule has 0 bridgehead atoms. The summed E-state index contributed by atoms with van der Waals surface area (Å²) in [4.78, 5) is 2.19. The van der Waals surface area contributed by atoms with Gasteiger partial charge in [-0.3, -0.25) is 0 Å². The second-order valence-corrected chi connectivity index (χ2v) is 5.45. The third kappa shape index (κ3) is 3.93. The van der Waals surface area contributed by atoms with E-state index in [1.165, 1.54) is 0 Å². The van der Waals surface area contributed by atoms with Crippen LogP contribution in [-0.4, -0.2) is 33.4 Å². The predicted octanol–water partition coefficient (Wildman–Crippen LogP) is 2.80. The molecule has 1 aromatic rings. The van der Waals surface area contributed by atoms with Gasteiger partial charge in [0.05, 0.1) is 0 Å². The molecule has 1 aromatic carbocycles. The highest BCUT2D eigenvalue weighted by Crippen LogP contribution is 2.25. The van der Waals surface area contributed by atoms with Crippen LogP contribution in [0.3, 0.4) is 0 Å². The van der Waals surface area contributed by atoms with E-state index in [0.717, 1.165) is 50.4 Å². The van der Waals surface area contributed by atoms with E-state index in [1.54, 1.807) is 12.1 Å². The third-order valence-corrected chi connectivity index (χ3v) is 3.93. The number of anilines is 1. The monoisotopic (exact) mass is 280 g/mol. The minimum Gasteiger partial charge on any atom is -0.381 e.